The zero-order valence-corrected chi connectivity index (χ0v) is 18.7. The molecule has 1 aromatic heterocycles. The number of hydrogen-bond donors (Lipinski definition) is 1. The van der Waals surface area contributed by atoms with Crippen LogP contribution in [0.5, 0.6) is 11.5 Å². The minimum absolute atomic E-state index is 0. The van der Waals surface area contributed by atoms with Crippen LogP contribution in [0.3, 0.4) is 0 Å². The number of rotatable bonds is 5. The molecule has 1 aliphatic heterocycles. The molecule has 0 radical (unpaired) electrons. The van der Waals surface area contributed by atoms with Gasteiger partial charge in [0.1, 0.15) is 0 Å². The molecule has 0 aliphatic carbocycles. The van der Waals surface area contributed by atoms with Gasteiger partial charge in [-0.2, -0.15) is 0 Å². The van der Waals surface area contributed by atoms with Crippen LogP contribution in [-0.2, 0) is 13.1 Å². The molecule has 6 nitrogen and oxygen atoms in total. The number of thiazole rings is 1. The Morgan fingerprint density at radius 3 is 2.77 bits per heavy atom. The molecule has 0 bridgehead atoms. The van der Waals surface area contributed by atoms with Crippen molar-refractivity contribution in [2.45, 2.75) is 33.9 Å². The van der Waals surface area contributed by atoms with Crippen LogP contribution in [0.15, 0.2) is 23.2 Å². The lowest BCUT2D eigenvalue weighted by molar-refractivity contribution is 0.174. The summed E-state index contributed by atoms with van der Waals surface area (Å²) in [6, 6.07) is 6.04. The molecule has 3 rings (SSSR count). The molecule has 0 amide bonds. The SMILES string of the molecule is CCNC(=NCc1sc(C)nc1C)N(C)Cc1ccc2c(c1)OCO2.I. The van der Waals surface area contributed by atoms with Gasteiger partial charge in [-0.3, -0.25) is 0 Å². The molecule has 26 heavy (non-hydrogen) atoms. The molecule has 0 atom stereocenters. The maximum atomic E-state index is 5.46. The summed E-state index contributed by atoms with van der Waals surface area (Å²) in [4.78, 5) is 12.6. The van der Waals surface area contributed by atoms with E-state index in [1.807, 2.05) is 33.0 Å². The van der Waals surface area contributed by atoms with Gasteiger partial charge >= 0.3 is 0 Å². The number of aryl methyl sites for hydroxylation is 2. The second-order valence-electron chi connectivity index (χ2n) is 5.96. The predicted molar refractivity (Wildman–Crippen MR) is 116 cm³/mol. The van der Waals surface area contributed by atoms with Crippen LogP contribution in [0.2, 0.25) is 0 Å². The lowest BCUT2D eigenvalue weighted by atomic mass is 10.2. The van der Waals surface area contributed by atoms with Crippen molar-refractivity contribution in [2.24, 2.45) is 4.99 Å². The number of fused-ring (bicyclic) bond motifs is 1. The van der Waals surface area contributed by atoms with Crippen LogP contribution < -0.4 is 14.8 Å². The number of aromatic nitrogens is 1. The Balaban J connectivity index is 0.00000243. The van der Waals surface area contributed by atoms with Crippen molar-refractivity contribution >= 4 is 41.3 Å². The smallest absolute Gasteiger partial charge is 0.231 e. The summed E-state index contributed by atoms with van der Waals surface area (Å²) in [6.45, 7) is 8.65. The van der Waals surface area contributed by atoms with E-state index in [2.05, 4.69) is 28.2 Å². The fourth-order valence-electron chi connectivity index (χ4n) is 2.72. The predicted octanol–water partition coefficient (Wildman–Crippen LogP) is 3.70. The first-order valence-electron chi connectivity index (χ1n) is 8.37. The Morgan fingerprint density at radius 1 is 1.31 bits per heavy atom. The van der Waals surface area contributed by atoms with Crippen molar-refractivity contribution in [3.05, 3.63) is 39.3 Å². The summed E-state index contributed by atoms with van der Waals surface area (Å²) in [6.07, 6.45) is 0. The van der Waals surface area contributed by atoms with Gasteiger partial charge in [-0.05, 0) is 38.5 Å². The maximum absolute atomic E-state index is 5.46. The van der Waals surface area contributed by atoms with Crippen LogP contribution in [0.25, 0.3) is 0 Å². The van der Waals surface area contributed by atoms with Crippen molar-refractivity contribution < 1.29 is 9.47 Å². The van der Waals surface area contributed by atoms with Gasteiger partial charge in [0.2, 0.25) is 6.79 Å². The van der Waals surface area contributed by atoms with Crippen LogP contribution in [-0.4, -0.2) is 36.2 Å². The average Bonchev–Trinajstić information content (AvgIpc) is 3.16. The molecule has 0 fully saturated rings. The molecule has 0 unspecified atom stereocenters. The average molecular weight is 488 g/mol. The van der Waals surface area contributed by atoms with Crippen molar-refractivity contribution in [1.29, 1.82) is 0 Å². The fourth-order valence-corrected chi connectivity index (χ4v) is 3.59. The highest BCUT2D eigenvalue weighted by atomic mass is 127. The van der Waals surface area contributed by atoms with E-state index >= 15 is 0 Å². The van der Waals surface area contributed by atoms with Gasteiger partial charge in [0.05, 0.1) is 17.2 Å². The van der Waals surface area contributed by atoms with E-state index in [0.717, 1.165) is 46.8 Å². The molecule has 0 spiro atoms. The zero-order valence-electron chi connectivity index (χ0n) is 15.5. The number of nitrogens with zero attached hydrogens (tertiary/aromatic N) is 3. The minimum atomic E-state index is 0. The first kappa shape index (κ1) is 20.8. The standard InChI is InChI=1S/C18H24N4O2S.HI/c1-5-19-18(20-9-17-12(2)21-13(3)25-17)22(4)10-14-6-7-15-16(8-14)24-11-23-15;/h6-8H,5,9-11H2,1-4H3,(H,19,20);1H. The normalized spacial score (nSPS) is 12.7. The molecular formula is C18H25IN4O2S. The topological polar surface area (TPSA) is 59.0 Å². The van der Waals surface area contributed by atoms with Gasteiger partial charge in [-0.1, -0.05) is 6.07 Å². The van der Waals surface area contributed by atoms with E-state index in [9.17, 15) is 0 Å². The van der Waals surface area contributed by atoms with Gasteiger partial charge < -0.3 is 19.7 Å². The number of benzene rings is 1. The Bertz CT molecular complexity index is 779. The summed E-state index contributed by atoms with van der Waals surface area (Å²) >= 11 is 1.71. The molecule has 2 heterocycles. The van der Waals surface area contributed by atoms with E-state index in [1.54, 1.807) is 11.3 Å². The largest absolute Gasteiger partial charge is 0.454 e. The Morgan fingerprint density at radius 2 is 2.08 bits per heavy atom. The van der Waals surface area contributed by atoms with E-state index < -0.39 is 0 Å². The molecule has 8 heteroatoms. The van der Waals surface area contributed by atoms with Crippen LogP contribution in [0.1, 0.15) is 28.1 Å². The number of guanidine groups is 1. The van der Waals surface area contributed by atoms with Crippen LogP contribution in [0.4, 0.5) is 0 Å². The van der Waals surface area contributed by atoms with Gasteiger partial charge in [-0.25, -0.2) is 9.98 Å². The number of aliphatic imine (C=N–C) groups is 1. The molecule has 1 aromatic carbocycles. The van der Waals surface area contributed by atoms with Gasteiger partial charge in [0.15, 0.2) is 17.5 Å². The van der Waals surface area contributed by atoms with E-state index in [1.165, 1.54) is 4.88 Å². The quantitative estimate of drug-likeness (QED) is 0.395. The van der Waals surface area contributed by atoms with Crippen molar-refractivity contribution in [2.75, 3.05) is 20.4 Å². The summed E-state index contributed by atoms with van der Waals surface area (Å²) in [5.74, 6) is 2.50. The highest BCUT2D eigenvalue weighted by molar-refractivity contribution is 14.0. The number of ether oxygens (including phenoxy) is 2. The zero-order chi connectivity index (χ0) is 17.8. The van der Waals surface area contributed by atoms with Crippen LogP contribution >= 0.6 is 35.3 Å². The molecule has 2 aromatic rings. The minimum Gasteiger partial charge on any atom is -0.454 e. The highest BCUT2D eigenvalue weighted by Gasteiger charge is 2.15. The van der Waals surface area contributed by atoms with E-state index in [4.69, 9.17) is 14.5 Å². The molecule has 1 N–H and O–H groups in total. The number of hydrogen-bond acceptors (Lipinski definition) is 5. The molecule has 0 saturated heterocycles. The summed E-state index contributed by atoms with van der Waals surface area (Å²) in [7, 11) is 2.04. The summed E-state index contributed by atoms with van der Waals surface area (Å²) in [5, 5.41) is 4.44. The van der Waals surface area contributed by atoms with E-state index in [0.29, 0.717) is 13.3 Å². The number of nitrogens with one attached hydrogen (secondary N) is 1. The first-order valence-corrected chi connectivity index (χ1v) is 9.19. The van der Waals surface area contributed by atoms with Crippen molar-refractivity contribution in [3.63, 3.8) is 0 Å². The molecular weight excluding hydrogens is 463 g/mol. The van der Waals surface area contributed by atoms with Crippen molar-refractivity contribution in [1.82, 2.24) is 15.2 Å². The Hall–Kier alpha value is -1.55. The third-order valence-electron chi connectivity index (χ3n) is 3.93. The monoisotopic (exact) mass is 488 g/mol. The van der Waals surface area contributed by atoms with Crippen molar-refractivity contribution in [3.8, 4) is 11.5 Å². The van der Waals surface area contributed by atoms with Gasteiger partial charge in [-0.15, -0.1) is 35.3 Å². The van der Waals surface area contributed by atoms with Gasteiger partial charge in [0, 0.05) is 25.0 Å². The summed E-state index contributed by atoms with van der Waals surface area (Å²) < 4.78 is 10.8. The summed E-state index contributed by atoms with van der Waals surface area (Å²) in [5.41, 5.74) is 2.22. The van der Waals surface area contributed by atoms with E-state index in [-0.39, 0.29) is 24.0 Å². The highest BCUT2D eigenvalue weighted by Crippen LogP contribution is 2.32. The second-order valence-corrected chi connectivity index (χ2v) is 7.24. The molecule has 1 aliphatic rings. The third kappa shape index (κ3) is 5.00. The first-order chi connectivity index (χ1) is 12.1. The third-order valence-corrected chi connectivity index (χ3v) is 4.98. The molecule has 0 saturated carbocycles. The fraction of sp³-hybridized carbons (Fsp3) is 0.444. The Kier molecular flexibility index (Phi) is 7.51. The Labute approximate surface area is 175 Å². The number of halogens is 1. The molecule has 142 valence electrons. The second kappa shape index (κ2) is 9.40. The lowest BCUT2D eigenvalue weighted by Crippen LogP contribution is -2.38. The van der Waals surface area contributed by atoms with Crippen LogP contribution in [0, 0.1) is 13.8 Å². The maximum Gasteiger partial charge on any atom is 0.231 e. The lowest BCUT2D eigenvalue weighted by Gasteiger charge is -2.22. The van der Waals surface area contributed by atoms with Gasteiger partial charge in [0.25, 0.3) is 0 Å².